The van der Waals surface area contributed by atoms with Crippen LogP contribution in [0.1, 0.15) is 15.9 Å². The van der Waals surface area contributed by atoms with Gasteiger partial charge in [-0.2, -0.15) is 0 Å². The standard InChI is InChI=1S/C25H24N4O2S/c30-21-11-9-20(10-12-21)28-13-15-29(16-14-28)24(31)19-7-5-18(6-8-19)17-32-25-26-22-3-1-2-4-23(22)27-25/h1-12,30H,13-17H2,(H,26,27). The van der Waals surface area contributed by atoms with Crippen LogP contribution >= 0.6 is 11.8 Å². The highest BCUT2D eigenvalue weighted by atomic mass is 32.2. The lowest BCUT2D eigenvalue weighted by atomic mass is 10.1. The number of rotatable bonds is 5. The Morgan fingerprint density at radius 2 is 1.66 bits per heavy atom. The monoisotopic (exact) mass is 444 g/mol. The first kappa shape index (κ1) is 20.5. The summed E-state index contributed by atoms with van der Waals surface area (Å²) in [5.41, 5.74) is 4.97. The lowest BCUT2D eigenvalue weighted by molar-refractivity contribution is 0.0747. The molecule has 0 bridgehead atoms. The van der Waals surface area contributed by atoms with Gasteiger partial charge in [0.2, 0.25) is 0 Å². The Kier molecular flexibility index (Phi) is 5.73. The molecule has 0 aliphatic carbocycles. The van der Waals surface area contributed by atoms with E-state index in [9.17, 15) is 9.90 Å². The summed E-state index contributed by atoms with van der Waals surface area (Å²) in [7, 11) is 0. The fourth-order valence-electron chi connectivity index (χ4n) is 3.91. The molecule has 6 nitrogen and oxygen atoms in total. The van der Waals surface area contributed by atoms with E-state index in [-0.39, 0.29) is 11.7 Å². The highest BCUT2D eigenvalue weighted by molar-refractivity contribution is 7.98. The van der Waals surface area contributed by atoms with Crippen molar-refractivity contribution in [3.8, 4) is 5.75 Å². The average Bonchev–Trinajstić information content (AvgIpc) is 3.26. The Morgan fingerprint density at radius 3 is 2.38 bits per heavy atom. The van der Waals surface area contributed by atoms with Crippen molar-refractivity contribution in [1.82, 2.24) is 14.9 Å². The third-order valence-corrected chi connectivity index (χ3v) is 6.67. The van der Waals surface area contributed by atoms with E-state index in [1.165, 1.54) is 0 Å². The van der Waals surface area contributed by atoms with Crippen LogP contribution in [-0.4, -0.2) is 52.1 Å². The number of nitrogens with one attached hydrogen (secondary N) is 1. The molecule has 1 fully saturated rings. The van der Waals surface area contributed by atoms with Crippen molar-refractivity contribution in [2.24, 2.45) is 0 Å². The lowest BCUT2D eigenvalue weighted by Crippen LogP contribution is -2.48. The van der Waals surface area contributed by atoms with Crippen molar-refractivity contribution in [1.29, 1.82) is 0 Å². The summed E-state index contributed by atoms with van der Waals surface area (Å²) < 4.78 is 0. The van der Waals surface area contributed by atoms with Crippen LogP contribution in [-0.2, 0) is 5.75 Å². The molecule has 32 heavy (non-hydrogen) atoms. The number of carbonyl (C=O) groups is 1. The van der Waals surface area contributed by atoms with Gasteiger partial charge in [-0.25, -0.2) is 4.98 Å². The minimum Gasteiger partial charge on any atom is -0.508 e. The maximum atomic E-state index is 12.9. The number of aromatic amines is 1. The molecule has 5 rings (SSSR count). The number of H-pyrrole nitrogens is 1. The molecule has 2 N–H and O–H groups in total. The Labute approximate surface area is 190 Å². The Hall–Kier alpha value is -3.45. The Bertz CT molecular complexity index is 1180. The molecule has 1 aliphatic heterocycles. The molecule has 0 atom stereocenters. The second-order valence-corrected chi connectivity index (χ2v) is 8.80. The lowest BCUT2D eigenvalue weighted by Gasteiger charge is -2.36. The van der Waals surface area contributed by atoms with Crippen molar-refractivity contribution in [3.05, 3.63) is 83.9 Å². The van der Waals surface area contributed by atoms with Gasteiger partial charge in [-0.1, -0.05) is 36.0 Å². The van der Waals surface area contributed by atoms with Crippen molar-refractivity contribution in [2.45, 2.75) is 10.9 Å². The maximum Gasteiger partial charge on any atom is 0.253 e. The average molecular weight is 445 g/mol. The van der Waals surface area contributed by atoms with Gasteiger partial charge in [-0.3, -0.25) is 4.79 Å². The van der Waals surface area contributed by atoms with Crippen LogP contribution in [0.25, 0.3) is 11.0 Å². The third-order valence-electron chi connectivity index (χ3n) is 5.73. The number of piperazine rings is 1. The summed E-state index contributed by atoms with van der Waals surface area (Å²) in [6, 6.07) is 23.1. The van der Waals surface area contributed by atoms with Crippen LogP contribution in [0.2, 0.25) is 0 Å². The molecule has 0 radical (unpaired) electrons. The summed E-state index contributed by atoms with van der Waals surface area (Å²) >= 11 is 1.66. The normalized spacial score (nSPS) is 14.1. The molecule has 1 aromatic heterocycles. The number of phenolic OH excluding ortho intramolecular Hbond substituents is 1. The fourth-order valence-corrected chi connectivity index (χ4v) is 4.75. The summed E-state index contributed by atoms with van der Waals surface area (Å²) in [6.45, 7) is 2.93. The van der Waals surface area contributed by atoms with Gasteiger partial charge >= 0.3 is 0 Å². The summed E-state index contributed by atoms with van der Waals surface area (Å²) in [5.74, 6) is 1.13. The molecule has 0 spiro atoms. The predicted octanol–water partition coefficient (Wildman–Crippen LogP) is 4.52. The number of para-hydroxylation sites is 2. The van der Waals surface area contributed by atoms with Crippen LogP contribution in [0.15, 0.2) is 78.0 Å². The van der Waals surface area contributed by atoms with E-state index >= 15 is 0 Å². The summed E-state index contributed by atoms with van der Waals surface area (Å²) in [4.78, 5) is 25.0. The topological polar surface area (TPSA) is 72.5 Å². The second kappa shape index (κ2) is 8.96. The molecule has 1 aliphatic rings. The number of fused-ring (bicyclic) bond motifs is 1. The minimum absolute atomic E-state index is 0.0758. The highest BCUT2D eigenvalue weighted by Gasteiger charge is 2.22. The van der Waals surface area contributed by atoms with Crippen LogP contribution < -0.4 is 4.90 Å². The smallest absolute Gasteiger partial charge is 0.253 e. The number of imidazole rings is 1. The van der Waals surface area contributed by atoms with E-state index in [0.717, 1.165) is 51.8 Å². The van der Waals surface area contributed by atoms with Gasteiger partial charge in [0.15, 0.2) is 5.16 Å². The van der Waals surface area contributed by atoms with Crippen molar-refractivity contribution < 1.29 is 9.90 Å². The van der Waals surface area contributed by atoms with Crippen molar-refractivity contribution in [2.75, 3.05) is 31.1 Å². The number of aromatic hydroxyl groups is 1. The van der Waals surface area contributed by atoms with Gasteiger partial charge in [0.05, 0.1) is 11.0 Å². The first-order chi connectivity index (χ1) is 15.7. The quantitative estimate of drug-likeness (QED) is 0.443. The molecule has 162 valence electrons. The number of amides is 1. The number of benzene rings is 3. The van der Waals surface area contributed by atoms with E-state index in [1.54, 1.807) is 23.9 Å². The van der Waals surface area contributed by atoms with E-state index in [4.69, 9.17) is 0 Å². The molecule has 3 aromatic carbocycles. The van der Waals surface area contributed by atoms with E-state index in [0.29, 0.717) is 13.1 Å². The number of anilines is 1. The fraction of sp³-hybridized carbons (Fsp3) is 0.200. The first-order valence-corrected chi connectivity index (χ1v) is 11.6. The van der Waals surface area contributed by atoms with Gasteiger partial charge in [0.1, 0.15) is 5.75 Å². The molecule has 0 saturated carbocycles. The van der Waals surface area contributed by atoms with E-state index in [2.05, 4.69) is 14.9 Å². The van der Waals surface area contributed by atoms with E-state index in [1.807, 2.05) is 65.6 Å². The molecule has 2 heterocycles. The predicted molar refractivity (Wildman–Crippen MR) is 128 cm³/mol. The molecule has 1 amide bonds. The van der Waals surface area contributed by atoms with Gasteiger partial charge in [-0.05, 0) is 54.1 Å². The number of nitrogens with zero attached hydrogens (tertiary/aromatic N) is 3. The molecule has 0 unspecified atom stereocenters. The van der Waals surface area contributed by atoms with Crippen LogP contribution in [0.4, 0.5) is 5.69 Å². The number of aromatic nitrogens is 2. The van der Waals surface area contributed by atoms with Crippen LogP contribution in [0.5, 0.6) is 5.75 Å². The molecule has 4 aromatic rings. The van der Waals surface area contributed by atoms with Crippen LogP contribution in [0, 0.1) is 0 Å². The van der Waals surface area contributed by atoms with Gasteiger partial charge in [0, 0.05) is 43.2 Å². The van der Waals surface area contributed by atoms with E-state index < -0.39 is 0 Å². The minimum atomic E-state index is 0.0758. The Balaban J connectivity index is 1.16. The molecular weight excluding hydrogens is 420 g/mol. The summed E-state index contributed by atoms with van der Waals surface area (Å²) in [6.07, 6.45) is 0. The van der Waals surface area contributed by atoms with Crippen molar-refractivity contribution >= 4 is 34.4 Å². The zero-order valence-electron chi connectivity index (χ0n) is 17.6. The van der Waals surface area contributed by atoms with Gasteiger partial charge < -0.3 is 19.9 Å². The largest absolute Gasteiger partial charge is 0.508 e. The van der Waals surface area contributed by atoms with Gasteiger partial charge in [-0.15, -0.1) is 0 Å². The third kappa shape index (κ3) is 4.43. The number of hydrogen-bond donors (Lipinski definition) is 2. The second-order valence-electron chi connectivity index (χ2n) is 7.84. The molecule has 7 heteroatoms. The number of phenols is 1. The van der Waals surface area contributed by atoms with Gasteiger partial charge in [0.25, 0.3) is 5.91 Å². The number of thioether (sulfide) groups is 1. The number of carbonyl (C=O) groups excluding carboxylic acids is 1. The molecular formula is C25H24N4O2S. The first-order valence-electron chi connectivity index (χ1n) is 10.7. The summed E-state index contributed by atoms with van der Waals surface area (Å²) in [5, 5.41) is 10.4. The zero-order valence-corrected chi connectivity index (χ0v) is 18.4. The van der Waals surface area contributed by atoms with Crippen molar-refractivity contribution in [3.63, 3.8) is 0 Å². The Morgan fingerprint density at radius 1 is 0.938 bits per heavy atom. The molecule has 1 saturated heterocycles. The zero-order chi connectivity index (χ0) is 21.9. The highest BCUT2D eigenvalue weighted by Crippen LogP contribution is 2.24. The van der Waals surface area contributed by atoms with Crippen LogP contribution in [0.3, 0.4) is 0 Å². The maximum absolute atomic E-state index is 12.9. The SMILES string of the molecule is O=C(c1ccc(CSc2nc3ccccc3[nH]2)cc1)N1CCN(c2ccc(O)cc2)CC1. The number of hydrogen-bond acceptors (Lipinski definition) is 5.